The molecule has 0 saturated heterocycles. The van der Waals surface area contributed by atoms with Crippen molar-refractivity contribution in [2.75, 3.05) is 5.32 Å². The average Bonchev–Trinajstić information content (AvgIpc) is 3.50. The van der Waals surface area contributed by atoms with E-state index in [-0.39, 0.29) is 6.04 Å². The largest absolute Gasteiger partial charge is 0.380 e. The first-order valence-electron chi connectivity index (χ1n) is 11.2. The summed E-state index contributed by atoms with van der Waals surface area (Å²) in [6.45, 7) is 4.00. The van der Waals surface area contributed by atoms with E-state index in [0.29, 0.717) is 23.0 Å². The van der Waals surface area contributed by atoms with Crippen LogP contribution in [0, 0.1) is 18.3 Å². The van der Waals surface area contributed by atoms with Crippen LogP contribution in [0.1, 0.15) is 47.1 Å². The first kappa shape index (κ1) is 22.3. The number of rotatable bonds is 6. The third kappa shape index (κ3) is 4.11. The number of benzene rings is 1. The number of anilines is 1. The number of pyridine rings is 1. The Morgan fingerprint density at radius 2 is 1.80 bits per heavy atom. The molecule has 2 atom stereocenters. The summed E-state index contributed by atoms with van der Waals surface area (Å²) >= 11 is 0. The molecule has 4 aromatic heterocycles. The Morgan fingerprint density at radius 3 is 2.51 bits per heavy atom. The number of hydrogen-bond donors (Lipinski definition) is 2. The number of nitrogens with one attached hydrogen (secondary N) is 1. The highest BCUT2D eigenvalue weighted by Gasteiger charge is 2.18. The molecule has 4 heterocycles. The summed E-state index contributed by atoms with van der Waals surface area (Å²) in [6, 6.07) is 13.7. The van der Waals surface area contributed by atoms with Gasteiger partial charge < -0.3 is 15.0 Å². The van der Waals surface area contributed by atoms with Gasteiger partial charge in [0.1, 0.15) is 29.3 Å². The number of nitriles is 1. The zero-order valence-electron chi connectivity index (χ0n) is 19.6. The summed E-state index contributed by atoms with van der Waals surface area (Å²) < 4.78 is 3.73. The van der Waals surface area contributed by atoms with Gasteiger partial charge in [-0.15, -0.1) is 0 Å². The van der Waals surface area contributed by atoms with E-state index in [9.17, 15) is 10.4 Å². The van der Waals surface area contributed by atoms with Crippen molar-refractivity contribution in [1.29, 1.82) is 5.26 Å². The summed E-state index contributed by atoms with van der Waals surface area (Å²) in [5.41, 5.74) is 5.24. The van der Waals surface area contributed by atoms with Gasteiger partial charge in [0.25, 0.3) is 0 Å². The first-order valence-corrected chi connectivity index (χ1v) is 11.2. The van der Waals surface area contributed by atoms with Gasteiger partial charge in [-0.25, -0.2) is 19.9 Å². The van der Waals surface area contributed by atoms with Crippen molar-refractivity contribution in [1.82, 2.24) is 28.9 Å². The van der Waals surface area contributed by atoms with Gasteiger partial charge in [0.05, 0.1) is 29.7 Å². The summed E-state index contributed by atoms with van der Waals surface area (Å²) in [5, 5.41) is 23.6. The highest BCUT2D eigenvalue weighted by Crippen LogP contribution is 2.27. The SMILES string of the molecule is Cc1cccn2c(-c3nc(N[C@@H](C)c4ccc(C(O)c5nccn5C)cc4)ncc3C#N)cnc12. The molecule has 0 bridgehead atoms. The fraction of sp³-hybridized carbons (Fsp3) is 0.192. The minimum Gasteiger partial charge on any atom is -0.380 e. The number of aromatic nitrogens is 6. The van der Waals surface area contributed by atoms with Gasteiger partial charge in [-0.2, -0.15) is 5.26 Å². The van der Waals surface area contributed by atoms with Gasteiger partial charge in [0.15, 0.2) is 0 Å². The molecule has 0 aliphatic rings. The van der Waals surface area contributed by atoms with Crippen LogP contribution in [-0.2, 0) is 7.05 Å². The van der Waals surface area contributed by atoms with E-state index in [0.717, 1.165) is 28.0 Å². The maximum absolute atomic E-state index is 10.6. The van der Waals surface area contributed by atoms with Gasteiger partial charge >= 0.3 is 0 Å². The Morgan fingerprint density at radius 1 is 1.03 bits per heavy atom. The zero-order valence-corrected chi connectivity index (χ0v) is 19.6. The minimum atomic E-state index is -0.800. The molecule has 0 aliphatic heterocycles. The van der Waals surface area contributed by atoms with E-state index in [2.05, 4.69) is 31.3 Å². The normalized spacial score (nSPS) is 12.9. The molecule has 1 unspecified atom stereocenters. The molecule has 0 saturated carbocycles. The summed E-state index contributed by atoms with van der Waals surface area (Å²) in [6.07, 6.45) is 7.83. The van der Waals surface area contributed by atoms with Crippen molar-refractivity contribution in [3.63, 3.8) is 0 Å². The molecular formula is C26H24N8O. The average molecular weight is 465 g/mol. The molecule has 0 aliphatic carbocycles. The maximum atomic E-state index is 10.6. The predicted molar refractivity (Wildman–Crippen MR) is 131 cm³/mol. The lowest BCUT2D eigenvalue weighted by Gasteiger charge is -2.17. The Hall–Kier alpha value is -4.55. The number of imidazole rings is 2. The molecule has 5 aromatic rings. The van der Waals surface area contributed by atoms with Crippen LogP contribution in [0.25, 0.3) is 17.0 Å². The molecule has 9 nitrogen and oxygen atoms in total. The minimum absolute atomic E-state index is 0.112. The molecule has 174 valence electrons. The Bertz CT molecular complexity index is 1540. The van der Waals surface area contributed by atoms with Crippen LogP contribution >= 0.6 is 0 Å². The highest BCUT2D eigenvalue weighted by atomic mass is 16.3. The van der Waals surface area contributed by atoms with Gasteiger partial charge in [0, 0.05) is 25.6 Å². The number of hydrogen-bond acceptors (Lipinski definition) is 7. The molecule has 0 spiro atoms. The third-order valence-corrected chi connectivity index (χ3v) is 6.08. The zero-order chi connectivity index (χ0) is 24.5. The summed E-state index contributed by atoms with van der Waals surface area (Å²) in [5.74, 6) is 0.997. The summed E-state index contributed by atoms with van der Waals surface area (Å²) in [4.78, 5) is 17.7. The lowest BCUT2D eigenvalue weighted by Crippen LogP contribution is -2.11. The second-order valence-electron chi connectivity index (χ2n) is 8.43. The van der Waals surface area contributed by atoms with Crippen molar-refractivity contribution < 1.29 is 5.11 Å². The molecule has 5 rings (SSSR count). The Balaban J connectivity index is 1.40. The summed E-state index contributed by atoms with van der Waals surface area (Å²) in [7, 11) is 1.85. The topological polar surface area (TPSA) is 117 Å². The van der Waals surface area contributed by atoms with Crippen LogP contribution in [-0.4, -0.2) is 34.0 Å². The Kier molecular flexibility index (Phi) is 5.73. The lowest BCUT2D eigenvalue weighted by atomic mass is 10.0. The molecular weight excluding hydrogens is 440 g/mol. The van der Waals surface area contributed by atoms with Crippen molar-refractivity contribution in [2.24, 2.45) is 7.05 Å². The van der Waals surface area contributed by atoms with Crippen molar-refractivity contribution >= 4 is 11.6 Å². The maximum Gasteiger partial charge on any atom is 0.223 e. The third-order valence-electron chi connectivity index (χ3n) is 6.08. The van der Waals surface area contributed by atoms with E-state index >= 15 is 0 Å². The fourth-order valence-electron chi connectivity index (χ4n) is 4.09. The van der Waals surface area contributed by atoms with Crippen LogP contribution in [0.5, 0.6) is 0 Å². The lowest BCUT2D eigenvalue weighted by molar-refractivity contribution is 0.206. The smallest absolute Gasteiger partial charge is 0.223 e. The van der Waals surface area contributed by atoms with Crippen molar-refractivity contribution in [3.8, 4) is 17.5 Å². The molecule has 1 aromatic carbocycles. The van der Waals surface area contributed by atoms with E-state index in [1.54, 1.807) is 23.2 Å². The first-order chi connectivity index (χ1) is 17.0. The van der Waals surface area contributed by atoms with Gasteiger partial charge in [-0.05, 0) is 36.6 Å². The van der Waals surface area contributed by atoms with Gasteiger partial charge in [0.2, 0.25) is 5.95 Å². The number of aryl methyl sites for hydroxylation is 2. The quantitative estimate of drug-likeness (QED) is 0.391. The predicted octanol–water partition coefficient (Wildman–Crippen LogP) is 3.96. The van der Waals surface area contributed by atoms with Gasteiger partial charge in [-0.3, -0.25) is 4.40 Å². The molecule has 0 amide bonds. The highest BCUT2D eigenvalue weighted by molar-refractivity contribution is 5.68. The number of aliphatic hydroxyl groups excluding tert-OH is 1. The second kappa shape index (κ2) is 9.00. The standard InChI is InChI=1S/C26H24N8O/c1-16-5-4-11-34-21(15-29-24(16)34)22-20(13-27)14-30-26(32-22)31-17(2)18-6-8-19(9-7-18)23(35)25-28-10-12-33(25)3/h4-12,14-15,17,23,35H,1-3H3,(H,30,31,32)/t17-,23?/m0/s1. The molecule has 0 fully saturated rings. The van der Waals surface area contributed by atoms with Crippen LogP contribution in [0.2, 0.25) is 0 Å². The number of aliphatic hydroxyl groups is 1. The Labute approximate surface area is 202 Å². The van der Waals surface area contributed by atoms with Crippen LogP contribution in [0.15, 0.2) is 67.4 Å². The van der Waals surface area contributed by atoms with E-state index in [4.69, 9.17) is 0 Å². The van der Waals surface area contributed by atoms with Crippen molar-refractivity contribution in [2.45, 2.75) is 26.0 Å². The van der Waals surface area contributed by atoms with E-state index in [1.165, 1.54) is 6.20 Å². The number of nitrogens with zero attached hydrogens (tertiary/aromatic N) is 7. The molecule has 35 heavy (non-hydrogen) atoms. The number of fused-ring (bicyclic) bond motifs is 1. The molecule has 9 heteroatoms. The van der Waals surface area contributed by atoms with E-state index < -0.39 is 6.10 Å². The van der Waals surface area contributed by atoms with Crippen LogP contribution < -0.4 is 5.32 Å². The van der Waals surface area contributed by atoms with Crippen molar-refractivity contribution in [3.05, 3.63) is 95.5 Å². The molecule has 2 N–H and O–H groups in total. The fourth-order valence-corrected chi connectivity index (χ4v) is 4.09. The van der Waals surface area contributed by atoms with Crippen LogP contribution in [0.3, 0.4) is 0 Å². The molecule has 0 radical (unpaired) electrons. The monoisotopic (exact) mass is 464 g/mol. The van der Waals surface area contributed by atoms with E-state index in [1.807, 2.05) is 67.9 Å². The second-order valence-corrected chi connectivity index (χ2v) is 8.43. The van der Waals surface area contributed by atoms with Crippen LogP contribution in [0.4, 0.5) is 5.95 Å². The van der Waals surface area contributed by atoms with Gasteiger partial charge in [-0.1, -0.05) is 30.3 Å².